The first-order valence-electron chi connectivity index (χ1n) is 29.1. The molecule has 0 aromatic heterocycles. The molecule has 0 spiro atoms. The highest BCUT2D eigenvalue weighted by molar-refractivity contribution is 7.47. The van der Waals surface area contributed by atoms with Crippen LogP contribution in [-0.2, 0) is 32.7 Å². The van der Waals surface area contributed by atoms with Crippen LogP contribution in [-0.4, -0.2) is 74.9 Å². The van der Waals surface area contributed by atoms with E-state index in [0.717, 1.165) is 51.4 Å². The highest BCUT2D eigenvalue weighted by Crippen LogP contribution is 2.43. The average Bonchev–Trinajstić information content (AvgIpc) is 3.30. The zero-order valence-electron chi connectivity index (χ0n) is 45.6. The molecule has 0 fully saturated rings. The molecule has 9 nitrogen and oxygen atoms in total. The molecule has 2 atom stereocenters. The molecule has 1 N–H and O–H groups in total. The third kappa shape index (κ3) is 53.8. The minimum Gasteiger partial charge on any atom is -0.462 e. The molecule has 0 aliphatic heterocycles. The van der Waals surface area contributed by atoms with Gasteiger partial charge < -0.3 is 18.9 Å². The van der Waals surface area contributed by atoms with Gasteiger partial charge in [-0.25, -0.2) is 4.57 Å². The SMILES string of the molecule is CCCCCC/C=C\CCCCCCCC(=O)OCC(COP(=O)(O)OCC[N+](C)(C)C)OC(=O)CCCCCCCCCCCCCCCCCCCCC/C=C\CCCCCCCCCC. The summed E-state index contributed by atoms with van der Waals surface area (Å²) in [5, 5.41) is 0. The van der Waals surface area contributed by atoms with Gasteiger partial charge in [-0.2, -0.15) is 0 Å². The second-order valence-electron chi connectivity index (χ2n) is 21.0. The maximum Gasteiger partial charge on any atom is 0.472 e. The number of carbonyl (C=O) groups excluding carboxylic acids is 2. The van der Waals surface area contributed by atoms with Crippen LogP contribution in [0.4, 0.5) is 0 Å². The van der Waals surface area contributed by atoms with Crippen molar-refractivity contribution in [1.82, 2.24) is 0 Å². The molecule has 0 radical (unpaired) electrons. The molecular formula is C58H113NO8P+. The molecule has 0 bridgehead atoms. The van der Waals surface area contributed by atoms with E-state index in [0.29, 0.717) is 17.4 Å². The number of phosphoric acid groups is 1. The second kappa shape index (κ2) is 50.4. The molecule has 68 heavy (non-hydrogen) atoms. The summed E-state index contributed by atoms with van der Waals surface area (Å²) in [6, 6.07) is 0. The molecule has 0 aliphatic rings. The number of esters is 2. The number of hydrogen-bond donors (Lipinski definition) is 1. The fourth-order valence-corrected chi connectivity index (χ4v) is 9.16. The molecule has 0 aromatic rings. The van der Waals surface area contributed by atoms with Crippen LogP contribution in [0.5, 0.6) is 0 Å². The van der Waals surface area contributed by atoms with Crippen molar-refractivity contribution < 1.29 is 42.1 Å². The number of hydrogen-bond acceptors (Lipinski definition) is 7. The molecule has 0 aromatic carbocycles. The van der Waals surface area contributed by atoms with E-state index in [-0.39, 0.29) is 32.0 Å². The van der Waals surface area contributed by atoms with Crippen molar-refractivity contribution in [3.05, 3.63) is 24.3 Å². The highest BCUT2D eigenvalue weighted by Gasteiger charge is 2.27. The summed E-state index contributed by atoms with van der Waals surface area (Å²) in [6.07, 6.45) is 59.8. The van der Waals surface area contributed by atoms with Crippen molar-refractivity contribution in [2.24, 2.45) is 0 Å². The van der Waals surface area contributed by atoms with E-state index >= 15 is 0 Å². The minimum absolute atomic E-state index is 0.0329. The van der Waals surface area contributed by atoms with Crippen LogP contribution in [0, 0.1) is 0 Å². The van der Waals surface area contributed by atoms with Crippen molar-refractivity contribution in [3.63, 3.8) is 0 Å². The lowest BCUT2D eigenvalue weighted by Gasteiger charge is -2.24. The Hall–Kier alpha value is -1.51. The second-order valence-corrected chi connectivity index (χ2v) is 22.5. The Morgan fingerprint density at radius 2 is 0.750 bits per heavy atom. The van der Waals surface area contributed by atoms with Gasteiger partial charge in [0.25, 0.3) is 0 Å². The van der Waals surface area contributed by atoms with Crippen LogP contribution in [0.25, 0.3) is 0 Å². The number of rotatable bonds is 54. The Labute approximate surface area is 421 Å². The summed E-state index contributed by atoms with van der Waals surface area (Å²) in [6.45, 7) is 4.44. The van der Waals surface area contributed by atoms with Crippen molar-refractivity contribution in [2.75, 3.05) is 47.5 Å². The van der Waals surface area contributed by atoms with Gasteiger partial charge in [-0.3, -0.25) is 18.6 Å². The summed E-state index contributed by atoms with van der Waals surface area (Å²) in [5.41, 5.74) is 0. The Morgan fingerprint density at radius 1 is 0.441 bits per heavy atom. The zero-order valence-corrected chi connectivity index (χ0v) is 46.5. The van der Waals surface area contributed by atoms with Gasteiger partial charge in [-0.1, -0.05) is 231 Å². The summed E-state index contributed by atoms with van der Waals surface area (Å²) in [7, 11) is 1.49. The van der Waals surface area contributed by atoms with Crippen LogP contribution in [0.1, 0.15) is 284 Å². The number of carbonyl (C=O) groups is 2. The largest absolute Gasteiger partial charge is 0.472 e. The fourth-order valence-electron chi connectivity index (χ4n) is 8.42. The molecule has 0 heterocycles. The summed E-state index contributed by atoms with van der Waals surface area (Å²) in [5.74, 6) is -0.795. The Kier molecular flexibility index (Phi) is 49.3. The molecule has 10 heteroatoms. The number of quaternary nitrogens is 1. The third-order valence-electron chi connectivity index (χ3n) is 13.0. The molecule has 0 saturated carbocycles. The Morgan fingerprint density at radius 3 is 1.10 bits per heavy atom. The number of likely N-dealkylation sites (N-methyl/N-ethyl adjacent to an activating group) is 1. The van der Waals surface area contributed by atoms with Gasteiger partial charge in [0.2, 0.25) is 0 Å². The number of phosphoric ester groups is 1. The fraction of sp³-hybridized carbons (Fsp3) is 0.897. The molecule has 2 unspecified atom stereocenters. The van der Waals surface area contributed by atoms with Crippen LogP contribution >= 0.6 is 7.82 Å². The summed E-state index contributed by atoms with van der Waals surface area (Å²) in [4.78, 5) is 35.6. The summed E-state index contributed by atoms with van der Waals surface area (Å²) < 4.78 is 34.5. The van der Waals surface area contributed by atoms with Crippen LogP contribution in [0.3, 0.4) is 0 Å². The standard InChI is InChI=1S/C58H112NO8P/c1-6-8-10-12-14-16-18-20-21-22-23-24-25-26-27-28-29-30-31-32-33-34-35-36-37-39-41-43-45-47-49-51-58(61)67-56(55-66-68(62,63)65-53-52-59(3,4)5)54-64-57(60)50-48-46-44-42-40-38-19-17-15-13-11-9-7-2/h17,19,22-23,56H,6-16,18,20-21,24-55H2,1-5H3/p+1/b19-17-,23-22-. The van der Waals surface area contributed by atoms with E-state index in [1.807, 2.05) is 21.1 Å². The first-order chi connectivity index (χ1) is 33.0. The topological polar surface area (TPSA) is 108 Å². The number of unbranched alkanes of at least 4 members (excludes halogenated alkanes) is 36. The van der Waals surface area contributed by atoms with Gasteiger partial charge in [0.15, 0.2) is 6.10 Å². The van der Waals surface area contributed by atoms with Crippen molar-refractivity contribution in [2.45, 2.75) is 290 Å². The Balaban J connectivity index is 4.00. The van der Waals surface area contributed by atoms with Crippen molar-refractivity contribution in [1.29, 1.82) is 0 Å². The first-order valence-corrected chi connectivity index (χ1v) is 30.6. The molecular weight excluding hydrogens is 870 g/mol. The molecule has 402 valence electrons. The number of ether oxygens (including phenoxy) is 2. The zero-order chi connectivity index (χ0) is 49.9. The van der Waals surface area contributed by atoms with Gasteiger partial charge >= 0.3 is 19.8 Å². The molecule has 0 amide bonds. The van der Waals surface area contributed by atoms with Gasteiger partial charge in [0, 0.05) is 12.8 Å². The quantitative estimate of drug-likeness (QED) is 0.0211. The monoisotopic (exact) mass is 983 g/mol. The van der Waals surface area contributed by atoms with Crippen molar-refractivity contribution >= 4 is 19.8 Å². The van der Waals surface area contributed by atoms with Gasteiger partial charge in [0.05, 0.1) is 27.7 Å². The maximum atomic E-state index is 12.8. The Bertz CT molecular complexity index is 1200. The molecule has 0 aliphatic carbocycles. The molecule has 0 saturated heterocycles. The van der Waals surface area contributed by atoms with E-state index in [9.17, 15) is 19.0 Å². The van der Waals surface area contributed by atoms with Gasteiger partial charge in [-0.15, -0.1) is 0 Å². The van der Waals surface area contributed by atoms with Crippen LogP contribution in [0.15, 0.2) is 24.3 Å². The average molecular weight is 984 g/mol. The first kappa shape index (κ1) is 66.5. The number of nitrogens with zero attached hydrogens (tertiary/aromatic N) is 1. The molecule has 0 rings (SSSR count). The number of allylic oxidation sites excluding steroid dienone is 4. The maximum absolute atomic E-state index is 12.8. The van der Waals surface area contributed by atoms with Crippen molar-refractivity contribution in [3.8, 4) is 0 Å². The lowest BCUT2D eigenvalue weighted by atomic mass is 10.0. The van der Waals surface area contributed by atoms with E-state index in [1.54, 1.807) is 0 Å². The predicted octanol–water partition coefficient (Wildman–Crippen LogP) is 17.8. The van der Waals surface area contributed by atoms with E-state index in [4.69, 9.17) is 18.5 Å². The third-order valence-corrected chi connectivity index (χ3v) is 13.9. The van der Waals surface area contributed by atoms with Crippen LogP contribution in [0.2, 0.25) is 0 Å². The summed E-state index contributed by atoms with van der Waals surface area (Å²) >= 11 is 0. The van der Waals surface area contributed by atoms with Gasteiger partial charge in [0.1, 0.15) is 19.8 Å². The van der Waals surface area contributed by atoms with Gasteiger partial charge in [-0.05, 0) is 64.2 Å². The van der Waals surface area contributed by atoms with E-state index in [1.165, 1.54) is 199 Å². The normalized spacial score (nSPS) is 13.4. The lowest BCUT2D eigenvalue weighted by Crippen LogP contribution is -2.37. The minimum atomic E-state index is -4.38. The van der Waals surface area contributed by atoms with Crippen LogP contribution < -0.4 is 0 Å². The lowest BCUT2D eigenvalue weighted by molar-refractivity contribution is -0.870. The smallest absolute Gasteiger partial charge is 0.462 e. The van der Waals surface area contributed by atoms with E-state index < -0.39 is 26.5 Å². The highest BCUT2D eigenvalue weighted by atomic mass is 31.2. The predicted molar refractivity (Wildman–Crippen MR) is 289 cm³/mol. The van der Waals surface area contributed by atoms with E-state index in [2.05, 4.69) is 38.2 Å².